The van der Waals surface area contributed by atoms with Crippen molar-refractivity contribution >= 4 is 22.8 Å². The zero-order valence-corrected chi connectivity index (χ0v) is 20.3. The van der Waals surface area contributed by atoms with Gasteiger partial charge in [0.1, 0.15) is 23.7 Å². The standard InChI is InChI=1S/C27H31FN4O4/c1-15-24(27(35)32-19-7-5-18(6-8-19)31-23(34)13-33)26-25(30-15)21(10-11-29-26)20-9-4-17(28)12-22(20)36-14-16-2-3-16/h4,9-12,16,18-19,30,33H,2-3,5-8,13-14H2,1H3,(H,31,34)(H,32,35)/t18-,19-. The minimum atomic E-state index is -0.516. The van der Waals surface area contributed by atoms with Crippen molar-refractivity contribution in [2.24, 2.45) is 5.92 Å². The van der Waals surface area contributed by atoms with E-state index in [1.807, 2.05) is 13.0 Å². The maximum absolute atomic E-state index is 14.0. The maximum Gasteiger partial charge on any atom is 0.255 e. The number of aryl methyl sites for hydroxylation is 1. The van der Waals surface area contributed by atoms with Gasteiger partial charge in [0.25, 0.3) is 5.91 Å². The van der Waals surface area contributed by atoms with E-state index in [4.69, 9.17) is 9.84 Å². The first-order valence-electron chi connectivity index (χ1n) is 12.5. The van der Waals surface area contributed by atoms with Crippen molar-refractivity contribution in [2.45, 2.75) is 57.5 Å². The van der Waals surface area contributed by atoms with E-state index in [1.54, 1.807) is 12.3 Å². The van der Waals surface area contributed by atoms with Gasteiger partial charge in [-0.1, -0.05) is 0 Å². The lowest BCUT2D eigenvalue weighted by Crippen LogP contribution is -2.44. The Labute approximate surface area is 208 Å². The van der Waals surface area contributed by atoms with Gasteiger partial charge in [0.15, 0.2) is 0 Å². The minimum absolute atomic E-state index is 0.00756. The lowest BCUT2D eigenvalue weighted by Gasteiger charge is -2.29. The number of benzene rings is 1. The summed E-state index contributed by atoms with van der Waals surface area (Å²) >= 11 is 0. The molecule has 4 N–H and O–H groups in total. The van der Waals surface area contributed by atoms with Crippen LogP contribution in [-0.2, 0) is 4.79 Å². The van der Waals surface area contributed by atoms with Crippen LogP contribution in [0.1, 0.15) is 54.6 Å². The van der Waals surface area contributed by atoms with Crippen molar-refractivity contribution < 1.29 is 23.8 Å². The molecule has 2 aliphatic carbocycles. The summed E-state index contributed by atoms with van der Waals surface area (Å²) in [6.07, 6.45) is 6.87. The van der Waals surface area contributed by atoms with E-state index >= 15 is 0 Å². The van der Waals surface area contributed by atoms with Crippen molar-refractivity contribution in [1.82, 2.24) is 20.6 Å². The van der Waals surface area contributed by atoms with Crippen LogP contribution >= 0.6 is 0 Å². The third kappa shape index (κ3) is 5.21. The van der Waals surface area contributed by atoms with Gasteiger partial charge in [0.05, 0.1) is 17.7 Å². The second kappa shape index (κ2) is 10.3. The van der Waals surface area contributed by atoms with Crippen LogP contribution < -0.4 is 15.4 Å². The second-order valence-electron chi connectivity index (χ2n) is 9.85. The van der Waals surface area contributed by atoms with Gasteiger partial charge in [-0.05, 0) is 69.6 Å². The fraction of sp³-hybridized carbons (Fsp3) is 0.444. The SMILES string of the molecule is Cc1[nH]c2c(-c3ccc(F)cc3OCC3CC3)ccnc2c1C(=O)N[C@H]1CC[C@H](NC(=O)CO)CC1. The molecule has 2 saturated carbocycles. The fourth-order valence-electron chi connectivity index (χ4n) is 4.95. The summed E-state index contributed by atoms with van der Waals surface area (Å²) in [4.78, 5) is 32.6. The molecule has 0 unspecified atom stereocenters. The Morgan fingerprint density at radius 2 is 1.81 bits per heavy atom. The first kappa shape index (κ1) is 24.2. The lowest BCUT2D eigenvalue weighted by molar-refractivity contribution is -0.124. The molecule has 0 radical (unpaired) electrons. The van der Waals surface area contributed by atoms with Crippen molar-refractivity contribution in [1.29, 1.82) is 0 Å². The van der Waals surface area contributed by atoms with Crippen molar-refractivity contribution in [3.63, 3.8) is 0 Å². The number of halogens is 1. The number of carbonyl (C=O) groups is 2. The molecule has 0 saturated heterocycles. The fourth-order valence-corrected chi connectivity index (χ4v) is 4.95. The molecule has 190 valence electrons. The number of H-pyrrole nitrogens is 1. The topological polar surface area (TPSA) is 116 Å². The normalized spacial score (nSPS) is 19.8. The van der Waals surface area contributed by atoms with E-state index in [0.29, 0.717) is 40.6 Å². The van der Waals surface area contributed by atoms with Gasteiger partial charge in [-0.25, -0.2) is 4.39 Å². The van der Waals surface area contributed by atoms with Gasteiger partial charge in [0.2, 0.25) is 5.91 Å². The number of nitrogens with zero attached hydrogens (tertiary/aromatic N) is 1. The number of amides is 2. The van der Waals surface area contributed by atoms with E-state index < -0.39 is 6.61 Å². The van der Waals surface area contributed by atoms with Crippen molar-refractivity contribution in [3.8, 4) is 16.9 Å². The highest BCUT2D eigenvalue weighted by Crippen LogP contribution is 2.38. The highest BCUT2D eigenvalue weighted by Gasteiger charge is 2.27. The average Bonchev–Trinajstić information content (AvgIpc) is 3.63. The molecule has 3 aromatic rings. The molecule has 2 aromatic heterocycles. The number of fused-ring (bicyclic) bond motifs is 1. The molecule has 2 fully saturated rings. The Kier molecular flexibility index (Phi) is 6.91. The van der Waals surface area contributed by atoms with Gasteiger partial charge in [0, 0.05) is 41.2 Å². The zero-order chi connectivity index (χ0) is 25.2. The molecule has 8 nitrogen and oxygen atoms in total. The Bertz CT molecular complexity index is 1280. The number of aromatic amines is 1. The summed E-state index contributed by atoms with van der Waals surface area (Å²) in [6, 6.07) is 6.38. The van der Waals surface area contributed by atoms with Crippen LogP contribution in [0.15, 0.2) is 30.5 Å². The molecule has 2 heterocycles. The molecule has 0 aliphatic heterocycles. The smallest absolute Gasteiger partial charge is 0.255 e. The van der Waals surface area contributed by atoms with Crippen LogP contribution in [0.3, 0.4) is 0 Å². The summed E-state index contributed by atoms with van der Waals surface area (Å²) in [5.41, 5.74) is 4.01. The monoisotopic (exact) mass is 494 g/mol. The molecule has 0 atom stereocenters. The predicted octanol–water partition coefficient (Wildman–Crippen LogP) is 3.62. The number of aliphatic hydroxyl groups is 1. The number of carbonyl (C=O) groups excluding carboxylic acids is 2. The van der Waals surface area contributed by atoms with Gasteiger partial charge in [-0.2, -0.15) is 0 Å². The summed E-state index contributed by atoms with van der Waals surface area (Å²) in [7, 11) is 0. The first-order chi connectivity index (χ1) is 17.4. The highest BCUT2D eigenvalue weighted by atomic mass is 19.1. The molecular weight excluding hydrogens is 463 g/mol. The van der Waals surface area contributed by atoms with Gasteiger partial charge < -0.3 is 25.5 Å². The number of nitrogens with one attached hydrogen (secondary N) is 3. The maximum atomic E-state index is 14.0. The van der Waals surface area contributed by atoms with E-state index in [9.17, 15) is 14.0 Å². The molecular formula is C27H31FN4O4. The Morgan fingerprint density at radius 3 is 2.50 bits per heavy atom. The second-order valence-corrected chi connectivity index (χ2v) is 9.85. The lowest BCUT2D eigenvalue weighted by atomic mass is 9.91. The van der Waals surface area contributed by atoms with E-state index in [-0.39, 0.29) is 29.7 Å². The molecule has 2 amide bonds. The van der Waals surface area contributed by atoms with Gasteiger partial charge in [-0.3, -0.25) is 14.6 Å². The van der Waals surface area contributed by atoms with Gasteiger partial charge >= 0.3 is 0 Å². The number of aliphatic hydroxyl groups excluding tert-OH is 1. The minimum Gasteiger partial charge on any atom is -0.493 e. The number of pyridine rings is 1. The molecule has 1 aromatic carbocycles. The predicted molar refractivity (Wildman–Crippen MR) is 133 cm³/mol. The summed E-state index contributed by atoms with van der Waals surface area (Å²) in [6.45, 7) is 1.89. The first-order valence-corrected chi connectivity index (χ1v) is 12.5. The number of hydrogen-bond donors (Lipinski definition) is 4. The molecule has 36 heavy (non-hydrogen) atoms. The van der Waals surface area contributed by atoms with E-state index in [0.717, 1.165) is 49.7 Å². The Morgan fingerprint density at radius 1 is 1.08 bits per heavy atom. The highest BCUT2D eigenvalue weighted by molar-refractivity contribution is 6.09. The number of aromatic nitrogens is 2. The van der Waals surface area contributed by atoms with Crippen molar-refractivity contribution in [3.05, 3.63) is 47.5 Å². The average molecular weight is 495 g/mol. The largest absolute Gasteiger partial charge is 0.493 e. The van der Waals surface area contributed by atoms with Crippen LogP contribution in [0.4, 0.5) is 4.39 Å². The summed E-state index contributed by atoms with van der Waals surface area (Å²) in [5.74, 6) is 0.0835. The number of rotatable bonds is 8. The zero-order valence-electron chi connectivity index (χ0n) is 20.3. The van der Waals surface area contributed by atoms with Crippen LogP contribution in [0.5, 0.6) is 5.75 Å². The quantitative estimate of drug-likeness (QED) is 0.382. The molecule has 0 spiro atoms. The Balaban J connectivity index is 1.36. The molecule has 2 aliphatic rings. The molecule has 0 bridgehead atoms. The third-order valence-corrected chi connectivity index (χ3v) is 7.08. The van der Waals surface area contributed by atoms with Crippen LogP contribution in [-0.4, -0.2) is 52.2 Å². The number of hydrogen-bond acceptors (Lipinski definition) is 5. The summed E-state index contributed by atoms with van der Waals surface area (Å²) < 4.78 is 20.0. The molecule has 5 rings (SSSR count). The Hall–Kier alpha value is -3.46. The van der Waals surface area contributed by atoms with E-state index in [1.165, 1.54) is 12.1 Å². The van der Waals surface area contributed by atoms with Gasteiger partial charge in [-0.15, -0.1) is 0 Å². The number of ether oxygens (including phenoxy) is 1. The third-order valence-electron chi connectivity index (χ3n) is 7.08. The van der Waals surface area contributed by atoms with Crippen molar-refractivity contribution in [2.75, 3.05) is 13.2 Å². The van der Waals surface area contributed by atoms with Crippen LogP contribution in [0.25, 0.3) is 22.2 Å². The van der Waals surface area contributed by atoms with Crippen LogP contribution in [0.2, 0.25) is 0 Å². The van der Waals surface area contributed by atoms with E-state index in [2.05, 4.69) is 20.6 Å². The van der Waals surface area contributed by atoms with Crippen LogP contribution in [0, 0.1) is 18.7 Å². The molecule has 9 heteroatoms. The summed E-state index contributed by atoms with van der Waals surface area (Å²) in [5, 5.41) is 14.8.